The second-order valence-electron chi connectivity index (χ2n) is 6.59. The SMILES string of the molecule is CNc1nc(-c2ccc3c(c2)CCN3C(=O)c2cccc(C)c2)c(C)s1. The van der Waals surface area contributed by atoms with E-state index in [1.54, 1.807) is 11.3 Å². The summed E-state index contributed by atoms with van der Waals surface area (Å²) in [6.07, 6.45) is 0.878. The molecule has 0 aliphatic carbocycles. The highest BCUT2D eigenvalue weighted by Crippen LogP contribution is 2.36. The zero-order chi connectivity index (χ0) is 18.3. The van der Waals surface area contributed by atoms with Crippen LogP contribution in [0, 0.1) is 13.8 Å². The lowest BCUT2D eigenvalue weighted by Crippen LogP contribution is -2.28. The second-order valence-corrected chi connectivity index (χ2v) is 7.80. The van der Waals surface area contributed by atoms with Crippen LogP contribution in [0.5, 0.6) is 0 Å². The molecule has 0 fully saturated rings. The van der Waals surface area contributed by atoms with Crippen molar-refractivity contribution in [1.29, 1.82) is 0 Å². The molecule has 3 aromatic rings. The van der Waals surface area contributed by atoms with Gasteiger partial charge in [-0.3, -0.25) is 4.79 Å². The Kier molecular flexibility index (Phi) is 4.24. The van der Waals surface area contributed by atoms with Crippen molar-refractivity contribution in [2.45, 2.75) is 20.3 Å². The fourth-order valence-corrected chi connectivity index (χ4v) is 4.25. The van der Waals surface area contributed by atoms with E-state index in [0.29, 0.717) is 0 Å². The van der Waals surface area contributed by atoms with Crippen LogP contribution >= 0.6 is 11.3 Å². The second kappa shape index (κ2) is 6.57. The number of rotatable bonds is 3. The average molecular weight is 363 g/mol. The van der Waals surface area contributed by atoms with Crippen LogP contribution in [0.15, 0.2) is 42.5 Å². The number of carbonyl (C=O) groups excluding carboxylic acids is 1. The van der Waals surface area contributed by atoms with Crippen molar-refractivity contribution in [1.82, 2.24) is 4.98 Å². The number of nitrogens with zero attached hydrogens (tertiary/aromatic N) is 2. The average Bonchev–Trinajstić information content (AvgIpc) is 3.23. The van der Waals surface area contributed by atoms with Crippen LogP contribution in [0.3, 0.4) is 0 Å². The Balaban J connectivity index is 1.66. The highest BCUT2D eigenvalue weighted by atomic mass is 32.1. The molecule has 2 heterocycles. The van der Waals surface area contributed by atoms with Crippen LogP contribution in [0.1, 0.15) is 26.4 Å². The molecule has 132 valence electrons. The number of nitrogens with one attached hydrogen (secondary N) is 1. The Bertz CT molecular complexity index is 993. The predicted molar refractivity (Wildman–Crippen MR) is 108 cm³/mol. The van der Waals surface area contributed by atoms with Gasteiger partial charge in [0.2, 0.25) is 0 Å². The van der Waals surface area contributed by atoms with E-state index in [2.05, 4.69) is 35.4 Å². The number of anilines is 2. The monoisotopic (exact) mass is 363 g/mol. The highest BCUT2D eigenvalue weighted by molar-refractivity contribution is 7.15. The summed E-state index contributed by atoms with van der Waals surface area (Å²) in [6, 6.07) is 14.1. The zero-order valence-corrected chi connectivity index (χ0v) is 16.0. The first kappa shape index (κ1) is 16.8. The van der Waals surface area contributed by atoms with E-state index in [0.717, 1.165) is 46.2 Å². The molecule has 1 N–H and O–H groups in total. The molecular weight excluding hydrogens is 342 g/mol. The minimum atomic E-state index is 0.0718. The molecule has 0 bridgehead atoms. The lowest BCUT2D eigenvalue weighted by atomic mass is 10.1. The zero-order valence-electron chi connectivity index (χ0n) is 15.2. The summed E-state index contributed by atoms with van der Waals surface area (Å²) in [7, 11) is 1.89. The van der Waals surface area contributed by atoms with E-state index >= 15 is 0 Å². The van der Waals surface area contributed by atoms with Crippen LogP contribution in [0.4, 0.5) is 10.8 Å². The van der Waals surface area contributed by atoms with Gasteiger partial charge < -0.3 is 10.2 Å². The highest BCUT2D eigenvalue weighted by Gasteiger charge is 2.26. The summed E-state index contributed by atoms with van der Waals surface area (Å²) >= 11 is 1.66. The van der Waals surface area contributed by atoms with Crippen LogP contribution in [-0.2, 0) is 6.42 Å². The van der Waals surface area contributed by atoms with Crippen molar-refractivity contribution in [3.05, 3.63) is 64.0 Å². The third-order valence-electron chi connectivity index (χ3n) is 4.77. The van der Waals surface area contributed by atoms with Gasteiger partial charge in [-0.15, -0.1) is 11.3 Å². The molecule has 0 atom stereocenters. The van der Waals surface area contributed by atoms with E-state index < -0.39 is 0 Å². The summed E-state index contributed by atoms with van der Waals surface area (Å²) in [6.45, 7) is 4.83. The van der Waals surface area contributed by atoms with Crippen LogP contribution in [0.2, 0.25) is 0 Å². The predicted octanol–water partition coefficient (Wildman–Crippen LogP) is 4.67. The van der Waals surface area contributed by atoms with E-state index in [1.165, 1.54) is 10.4 Å². The van der Waals surface area contributed by atoms with Gasteiger partial charge in [-0.1, -0.05) is 23.8 Å². The number of fused-ring (bicyclic) bond motifs is 1. The number of aromatic nitrogens is 1. The molecule has 0 spiro atoms. The Morgan fingerprint density at radius 1 is 1.19 bits per heavy atom. The summed E-state index contributed by atoms with van der Waals surface area (Å²) in [5, 5.41) is 4.03. The first-order valence-electron chi connectivity index (χ1n) is 8.74. The summed E-state index contributed by atoms with van der Waals surface area (Å²) in [4.78, 5) is 20.7. The smallest absolute Gasteiger partial charge is 0.258 e. The Morgan fingerprint density at radius 2 is 2.04 bits per heavy atom. The van der Waals surface area contributed by atoms with Crippen molar-refractivity contribution < 1.29 is 4.79 Å². The molecule has 0 saturated carbocycles. The van der Waals surface area contributed by atoms with Crippen LogP contribution in [0.25, 0.3) is 11.3 Å². The van der Waals surface area contributed by atoms with Gasteiger partial charge in [0, 0.05) is 35.3 Å². The number of benzene rings is 2. The number of amides is 1. The fraction of sp³-hybridized carbons (Fsp3) is 0.238. The normalized spacial score (nSPS) is 13.0. The van der Waals surface area contributed by atoms with Crippen molar-refractivity contribution >= 4 is 28.1 Å². The summed E-state index contributed by atoms with van der Waals surface area (Å²) < 4.78 is 0. The minimum absolute atomic E-state index is 0.0718. The van der Waals surface area contributed by atoms with Crippen molar-refractivity contribution in [3.8, 4) is 11.3 Å². The molecule has 0 radical (unpaired) electrons. The molecule has 2 aromatic carbocycles. The number of carbonyl (C=O) groups is 1. The molecule has 0 unspecified atom stereocenters. The molecule has 5 heteroatoms. The first-order chi connectivity index (χ1) is 12.6. The third kappa shape index (κ3) is 2.88. The number of aryl methyl sites for hydroxylation is 2. The fourth-order valence-electron chi connectivity index (χ4n) is 3.47. The maximum atomic E-state index is 12.9. The Labute approximate surface area is 157 Å². The third-order valence-corrected chi connectivity index (χ3v) is 5.76. The number of thiazole rings is 1. The van der Waals surface area contributed by atoms with Gasteiger partial charge in [-0.05, 0) is 50.1 Å². The van der Waals surface area contributed by atoms with Gasteiger partial charge in [-0.2, -0.15) is 0 Å². The van der Waals surface area contributed by atoms with Gasteiger partial charge in [-0.25, -0.2) is 4.98 Å². The van der Waals surface area contributed by atoms with Gasteiger partial charge in [0.1, 0.15) is 0 Å². The van der Waals surface area contributed by atoms with Crippen LogP contribution < -0.4 is 10.2 Å². The molecular formula is C21H21N3OS. The minimum Gasteiger partial charge on any atom is -0.365 e. The van der Waals surface area contributed by atoms with Crippen molar-refractivity contribution in [2.75, 3.05) is 23.8 Å². The maximum absolute atomic E-state index is 12.9. The van der Waals surface area contributed by atoms with Crippen LogP contribution in [-0.4, -0.2) is 24.5 Å². The van der Waals surface area contributed by atoms with E-state index in [1.807, 2.05) is 43.1 Å². The molecule has 4 rings (SSSR count). The van der Waals surface area contributed by atoms with E-state index in [4.69, 9.17) is 0 Å². The quantitative estimate of drug-likeness (QED) is 0.735. The van der Waals surface area contributed by atoms with E-state index in [-0.39, 0.29) is 5.91 Å². The van der Waals surface area contributed by atoms with Gasteiger partial charge >= 0.3 is 0 Å². The molecule has 1 aliphatic rings. The van der Waals surface area contributed by atoms with Gasteiger partial charge in [0.15, 0.2) is 5.13 Å². The van der Waals surface area contributed by atoms with Gasteiger partial charge in [0.05, 0.1) is 5.69 Å². The number of hydrogen-bond acceptors (Lipinski definition) is 4. The number of hydrogen-bond donors (Lipinski definition) is 1. The maximum Gasteiger partial charge on any atom is 0.258 e. The van der Waals surface area contributed by atoms with Crippen molar-refractivity contribution in [2.24, 2.45) is 0 Å². The first-order valence-corrected chi connectivity index (χ1v) is 9.55. The molecule has 1 aliphatic heterocycles. The molecule has 4 nitrogen and oxygen atoms in total. The lowest BCUT2D eigenvalue weighted by Gasteiger charge is -2.18. The van der Waals surface area contributed by atoms with Crippen molar-refractivity contribution in [3.63, 3.8) is 0 Å². The molecule has 26 heavy (non-hydrogen) atoms. The molecule has 1 aromatic heterocycles. The Hall–Kier alpha value is -2.66. The topological polar surface area (TPSA) is 45.2 Å². The molecule has 0 saturated heterocycles. The largest absolute Gasteiger partial charge is 0.365 e. The Morgan fingerprint density at radius 3 is 2.77 bits per heavy atom. The standard InChI is InChI=1S/C21H21N3OS/c1-13-5-4-6-17(11-13)20(25)24-10-9-15-12-16(7-8-18(15)24)19-14(2)26-21(22-3)23-19/h4-8,11-12H,9-10H2,1-3H3,(H,22,23). The lowest BCUT2D eigenvalue weighted by molar-refractivity contribution is 0.0989. The molecule has 1 amide bonds. The summed E-state index contributed by atoms with van der Waals surface area (Å²) in [5.74, 6) is 0.0718. The van der Waals surface area contributed by atoms with E-state index in [9.17, 15) is 4.79 Å². The van der Waals surface area contributed by atoms with Gasteiger partial charge in [0.25, 0.3) is 5.91 Å². The summed E-state index contributed by atoms with van der Waals surface area (Å²) in [5.41, 5.74) is 6.21.